The van der Waals surface area contributed by atoms with Crippen molar-refractivity contribution < 1.29 is 1.43 Å². The third-order valence-corrected chi connectivity index (χ3v) is 11.0. The minimum atomic E-state index is 0. The molecule has 4 aliphatic carbocycles. The summed E-state index contributed by atoms with van der Waals surface area (Å²) in [6.07, 6.45) is 19.4. The molecule has 4 saturated carbocycles. The van der Waals surface area contributed by atoms with Gasteiger partial charge in [-0.25, -0.2) is 0 Å². The highest BCUT2D eigenvalue weighted by molar-refractivity contribution is 5.69. The highest BCUT2D eigenvalue weighted by Crippen LogP contribution is 2.66. The molecular weight excluding hydrogens is 398 g/mol. The van der Waals surface area contributed by atoms with Crippen LogP contribution >= 0.6 is 0 Å². The van der Waals surface area contributed by atoms with Crippen LogP contribution in [0.2, 0.25) is 0 Å². The third kappa shape index (κ3) is 5.54. The molecule has 4 rings (SSSR count). The number of hydrogen-bond acceptors (Lipinski definition) is 1. The fraction of sp³-hybridized carbons (Fsp3) is 0.844. The summed E-state index contributed by atoms with van der Waals surface area (Å²) in [5.41, 5.74) is 2.55. The van der Waals surface area contributed by atoms with E-state index in [1.165, 1.54) is 56.9 Å². The lowest BCUT2D eigenvalue weighted by Crippen LogP contribution is -2.50. The van der Waals surface area contributed by atoms with Gasteiger partial charge in [-0.1, -0.05) is 65.8 Å². The molecule has 0 radical (unpaired) electrons. The van der Waals surface area contributed by atoms with Crippen molar-refractivity contribution in [1.82, 2.24) is 0 Å². The molecule has 1 unspecified atom stereocenters. The number of unbranched alkanes of at least 4 members (excludes halogenated alkanes) is 1. The smallest absolute Gasteiger partial charge is 0.0389 e. The predicted octanol–water partition coefficient (Wildman–Crippen LogP) is 9.78. The van der Waals surface area contributed by atoms with Gasteiger partial charge in [0, 0.05) is 14.2 Å². The normalized spacial score (nSPS) is 42.2. The van der Waals surface area contributed by atoms with E-state index in [2.05, 4.69) is 59.7 Å². The lowest BCUT2D eigenvalue weighted by Gasteiger charge is -2.58. The van der Waals surface area contributed by atoms with Crippen LogP contribution in [0.5, 0.6) is 0 Å². The van der Waals surface area contributed by atoms with Crippen molar-refractivity contribution in [3.8, 4) is 0 Å². The Kier molecular flexibility index (Phi) is 9.13. The van der Waals surface area contributed by atoms with Crippen molar-refractivity contribution in [3.63, 3.8) is 0 Å². The molecule has 0 spiro atoms. The Morgan fingerprint density at radius 2 is 1.76 bits per heavy atom. The van der Waals surface area contributed by atoms with Crippen molar-refractivity contribution in [3.05, 3.63) is 24.8 Å². The second kappa shape index (κ2) is 11.3. The van der Waals surface area contributed by atoms with E-state index < -0.39 is 0 Å². The summed E-state index contributed by atoms with van der Waals surface area (Å²) >= 11 is 0. The number of allylic oxidation sites excluding steroid dienone is 2. The van der Waals surface area contributed by atoms with Crippen LogP contribution in [0.1, 0.15) is 114 Å². The van der Waals surface area contributed by atoms with Gasteiger partial charge in [0.15, 0.2) is 0 Å². The molecule has 190 valence electrons. The molecule has 1 heteroatoms. The topological polar surface area (TPSA) is 12.4 Å². The van der Waals surface area contributed by atoms with E-state index in [0.29, 0.717) is 10.8 Å². The van der Waals surface area contributed by atoms with E-state index >= 15 is 0 Å². The molecule has 0 aliphatic heterocycles. The van der Waals surface area contributed by atoms with E-state index in [1.54, 1.807) is 31.6 Å². The highest BCUT2D eigenvalue weighted by atomic mass is 14.7. The van der Waals surface area contributed by atoms with Gasteiger partial charge in [0.05, 0.1) is 0 Å². The van der Waals surface area contributed by atoms with E-state index in [0.717, 1.165) is 48.0 Å². The fourth-order valence-electron chi connectivity index (χ4n) is 9.02. The van der Waals surface area contributed by atoms with Gasteiger partial charge >= 0.3 is 0 Å². The van der Waals surface area contributed by atoms with Gasteiger partial charge in [-0.15, -0.1) is 0 Å². The molecule has 33 heavy (non-hydrogen) atoms. The molecule has 8 atom stereocenters. The van der Waals surface area contributed by atoms with Crippen molar-refractivity contribution in [1.29, 1.82) is 0 Å². The summed E-state index contributed by atoms with van der Waals surface area (Å²) in [6.45, 7) is 23.4. The van der Waals surface area contributed by atoms with E-state index in [-0.39, 0.29) is 1.43 Å². The zero-order chi connectivity index (χ0) is 24.2. The van der Waals surface area contributed by atoms with E-state index in [1.807, 2.05) is 0 Å². The molecule has 4 fully saturated rings. The standard InChI is InChI=1S/C25H42.C7H13N.H2/c1-16(2)22-9-10-23-21-8-7-18-15-24(5,17(3)4)13-11-19(18)20(21)12-14-25(22,23)6;1-3-5-7-8-6-4-2;/h16,18-23H,3,7-15H2,1-2,4-6H3;4,6H,2-3,5,7H2,1H3;1H/t18-,19+,20?,21-,22-,23+,24-,25-;;/m1../s1. The Bertz CT molecular complexity index is 695. The van der Waals surface area contributed by atoms with Crippen LogP contribution in [0.15, 0.2) is 29.8 Å². The van der Waals surface area contributed by atoms with Gasteiger partial charge in [-0.3, -0.25) is 4.99 Å². The molecule has 0 saturated heterocycles. The molecule has 0 aromatic heterocycles. The van der Waals surface area contributed by atoms with Crippen molar-refractivity contribution in [2.24, 2.45) is 57.2 Å². The number of hydrogen-bond donors (Lipinski definition) is 0. The Morgan fingerprint density at radius 3 is 2.39 bits per heavy atom. The Balaban J connectivity index is 0.000000394. The highest BCUT2D eigenvalue weighted by Gasteiger charge is 2.57. The second-order valence-electron chi connectivity index (χ2n) is 13.1. The molecular formula is C32H57N. The van der Waals surface area contributed by atoms with Gasteiger partial charge in [-0.05, 0) is 123 Å². The minimum Gasteiger partial charge on any atom is -0.293 e. The lowest BCUT2D eigenvalue weighted by molar-refractivity contribution is -0.0782. The average Bonchev–Trinajstić information content (AvgIpc) is 3.14. The van der Waals surface area contributed by atoms with Gasteiger partial charge < -0.3 is 0 Å². The average molecular weight is 456 g/mol. The maximum Gasteiger partial charge on any atom is 0.0389 e. The minimum absolute atomic E-state index is 0. The van der Waals surface area contributed by atoms with Crippen LogP contribution in [0.4, 0.5) is 0 Å². The predicted molar refractivity (Wildman–Crippen MR) is 149 cm³/mol. The number of fused-ring (bicyclic) bond motifs is 5. The maximum absolute atomic E-state index is 4.35. The second-order valence-corrected chi connectivity index (χ2v) is 13.1. The number of nitrogens with zero attached hydrogens (tertiary/aromatic N) is 1. The molecule has 0 bridgehead atoms. The monoisotopic (exact) mass is 455 g/mol. The zero-order valence-electron chi connectivity index (χ0n) is 23.0. The van der Waals surface area contributed by atoms with Crippen molar-refractivity contribution in [2.75, 3.05) is 6.54 Å². The summed E-state index contributed by atoms with van der Waals surface area (Å²) in [5, 5.41) is 0. The summed E-state index contributed by atoms with van der Waals surface area (Å²) < 4.78 is 0. The zero-order valence-corrected chi connectivity index (χ0v) is 23.0. The van der Waals surface area contributed by atoms with Gasteiger partial charge in [-0.2, -0.15) is 0 Å². The summed E-state index contributed by atoms with van der Waals surface area (Å²) in [4.78, 5) is 4.04. The molecule has 0 aromatic carbocycles. The molecule has 0 heterocycles. The summed E-state index contributed by atoms with van der Waals surface area (Å²) in [6, 6.07) is 0. The van der Waals surface area contributed by atoms with Crippen LogP contribution in [-0.4, -0.2) is 12.8 Å². The Hall–Kier alpha value is -0.850. The quantitative estimate of drug-likeness (QED) is 0.215. The third-order valence-electron chi connectivity index (χ3n) is 11.0. The molecule has 0 amide bonds. The lowest BCUT2D eigenvalue weighted by atomic mass is 9.47. The van der Waals surface area contributed by atoms with Crippen LogP contribution in [0, 0.1) is 52.3 Å². The first-order valence-electron chi connectivity index (χ1n) is 14.4. The first kappa shape index (κ1) is 26.7. The number of aliphatic imine (C=N–C) groups is 1. The molecule has 0 N–H and O–H groups in total. The molecule has 1 nitrogen and oxygen atoms in total. The van der Waals surface area contributed by atoms with Crippen LogP contribution < -0.4 is 0 Å². The first-order chi connectivity index (χ1) is 15.7. The van der Waals surface area contributed by atoms with Crippen LogP contribution in [-0.2, 0) is 0 Å². The maximum atomic E-state index is 4.35. The first-order valence-corrected chi connectivity index (χ1v) is 14.4. The Labute approximate surface area is 208 Å². The van der Waals surface area contributed by atoms with Gasteiger partial charge in [0.25, 0.3) is 0 Å². The fourth-order valence-corrected chi connectivity index (χ4v) is 9.02. The Morgan fingerprint density at radius 1 is 1.03 bits per heavy atom. The summed E-state index contributed by atoms with van der Waals surface area (Å²) in [5.74, 6) is 7.12. The SMILES string of the molecule is C=C(C)[C@]1(C)CC[C@@H]2C3CC[C@]4(C)[C@@H](C(C)C)CC[C@H]4[C@@H]3CC[C@@H]2C1.C=CC=NCCCC.[HH]. The number of rotatable bonds is 6. The van der Waals surface area contributed by atoms with Crippen LogP contribution in [0.25, 0.3) is 0 Å². The van der Waals surface area contributed by atoms with Gasteiger partial charge in [0.1, 0.15) is 0 Å². The molecule has 4 aliphatic rings. The van der Waals surface area contributed by atoms with Crippen LogP contribution in [0.3, 0.4) is 0 Å². The molecule has 0 aromatic rings. The van der Waals surface area contributed by atoms with E-state index in [9.17, 15) is 0 Å². The van der Waals surface area contributed by atoms with Crippen molar-refractivity contribution >= 4 is 6.21 Å². The van der Waals surface area contributed by atoms with Crippen molar-refractivity contribution in [2.45, 2.75) is 112 Å². The summed E-state index contributed by atoms with van der Waals surface area (Å²) in [7, 11) is 0. The largest absolute Gasteiger partial charge is 0.293 e. The van der Waals surface area contributed by atoms with E-state index in [4.69, 9.17) is 0 Å². The van der Waals surface area contributed by atoms with Gasteiger partial charge in [0.2, 0.25) is 0 Å².